The minimum atomic E-state index is -1.27. The average molecular weight is 605 g/mol. The summed E-state index contributed by atoms with van der Waals surface area (Å²) in [4.78, 5) is 25.5. The van der Waals surface area contributed by atoms with Gasteiger partial charge >= 0.3 is 0 Å². The van der Waals surface area contributed by atoms with E-state index in [9.17, 15) is 19.8 Å². The highest BCUT2D eigenvalue weighted by atomic mass is 16.3. The second-order valence-corrected chi connectivity index (χ2v) is 12.8. The molecular formula is C39H72O4. The first-order valence-corrected chi connectivity index (χ1v) is 18.7. The first kappa shape index (κ1) is 41.7. The molecule has 1 unspecified atom stereocenters. The molecule has 43 heavy (non-hydrogen) atoms. The topological polar surface area (TPSA) is 74.6 Å². The van der Waals surface area contributed by atoms with Crippen LogP contribution in [0.5, 0.6) is 0 Å². The lowest BCUT2D eigenvalue weighted by molar-refractivity contribution is -0.138. The molecule has 0 saturated carbocycles. The molecule has 0 aliphatic heterocycles. The van der Waals surface area contributed by atoms with Crippen LogP contribution in [0.15, 0.2) is 24.3 Å². The first-order chi connectivity index (χ1) is 21.1. The Morgan fingerprint density at radius 1 is 0.465 bits per heavy atom. The number of aliphatic hydroxyl groups is 2. The van der Waals surface area contributed by atoms with Gasteiger partial charge in [0.25, 0.3) is 0 Å². The Kier molecular flexibility index (Phi) is 32.6. The van der Waals surface area contributed by atoms with Gasteiger partial charge in [-0.2, -0.15) is 0 Å². The van der Waals surface area contributed by atoms with E-state index in [2.05, 4.69) is 38.2 Å². The molecule has 0 saturated heterocycles. The van der Waals surface area contributed by atoms with Gasteiger partial charge < -0.3 is 10.2 Å². The van der Waals surface area contributed by atoms with Crippen molar-refractivity contribution in [1.29, 1.82) is 0 Å². The normalized spacial score (nSPS) is 13.3. The van der Waals surface area contributed by atoms with Crippen LogP contribution in [0.4, 0.5) is 0 Å². The number of aliphatic hydroxyl groups excluding tert-OH is 2. The number of carbonyl (C=O) groups is 2. The molecule has 0 bridgehead atoms. The van der Waals surface area contributed by atoms with Crippen LogP contribution in [0.3, 0.4) is 0 Å². The van der Waals surface area contributed by atoms with Crippen LogP contribution in [0, 0.1) is 5.92 Å². The van der Waals surface area contributed by atoms with E-state index >= 15 is 0 Å². The predicted molar refractivity (Wildman–Crippen MR) is 186 cm³/mol. The number of rotatable bonds is 34. The Balaban J connectivity index is 3.87. The first-order valence-electron chi connectivity index (χ1n) is 18.7. The molecule has 0 aliphatic rings. The number of allylic oxidation sites excluding steroid dienone is 4. The van der Waals surface area contributed by atoms with E-state index in [1.807, 2.05) is 0 Å². The molecule has 0 rings (SSSR count). The fourth-order valence-corrected chi connectivity index (χ4v) is 5.77. The summed E-state index contributed by atoms with van der Waals surface area (Å²) in [5, 5.41) is 19.7. The van der Waals surface area contributed by atoms with Gasteiger partial charge in [-0.25, -0.2) is 0 Å². The van der Waals surface area contributed by atoms with Crippen molar-refractivity contribution in [1.82, 2.24) is 0 Å². The molecule has 4 heteroatoms. The standard InChI is InChI=1S/C39H72O4/c1-3-5-7-9-11-13-15-17-19-21-23-25-27-29-31-33-36(41)39(38(43)35-40)37(42)34-32-30-28-26-24-22-20-18-16-14-12-10-8-6-4-2/h17-20,38-40,43H,3-16,21-35H2,1-2H3. The van der Waals surface area contributed by atoms with Gasteiger partial charge in [0.05, 0.1) is 12.7 Å². The fraction of sp³-hybridized carbons (Fsp3) is 0.846. The Bertz CT molecular complexity index is 616. The van der Waals surface area contributed by atoms with Crippen molar-refractivity contribution in [2.75, 3.05) is 6.61 Å². The molecule has 0 fully saturated rings. The summed E-state index contributed by atoms with van der Waals surface area (Å²) in [7, 11) is 0. The average Bonchev–Trinajstić information content (AvgIpc) is 3.01. The van der Waals surface area contributed by atoms with Crippen LogP contribution in [-0.4, -0.2) is 34.5 Å². The molecule has 1 atom stereocenters. The summed E-state index contributed by atoms with van der Waals surface area (Å²) in [6.07, 6.45) is 39.8. The fourth-order valence-electron chi connectivity index (χ4n) is 5.77. The lowest BCUT2D eigenvalue weighted by Gasteiger charge is -2.19. The Hall–Kier alpha value is -1.26. The van der Waals surface area contributed by atoms with E-state index in [0.29, 0.717) is 12.8 Å². The van der Waals surface area contributed by atoms with E-state index in [1.165, 1.54) is 103 Å². The van der Waals surface area contributed by atoms with Gasteiger partial charge in [0.15, 0.2) is 0 Å². The third-order valence-electron chi connectivity index (χ3n) is 8.64. The molecule has 2 N–H and O–H groups in total. The summed E-state index contributed by atoms with van der Waals surface area (Å²) in [5.41, 5.74) is 0. The van der Waals surface area contributed by atoms with E-state index in [-0.39, 0.29) is 11.6 Å². The van der Waals surface area contributed by atoms with Gasteiger partial charge in [-0.3, -0.25) is 9.59 Å². The van der Waals surface area contributed by atoms with Gasteiger partial charge in [0, 0.05) is 12.8 Å². The van der Waals surface area contributed by atoms with Crippen molar-refractivity contribution in [2.45, 2.75) is 200 Å². The summed E-state index contributed by atoms with van der Waals surface area (Å²) in [5.74, 6) is -1.45. The highest BCUT2D eigenvalue weighted by Gasteiger charge is 2.31. The van der Waals surface area contributed by atoms with Crippen molar-refractivity contribution >= 4 is 11.6 Å². The lowest BCUT2D eigenvalue weighted by Crippen LogP contribution is -2.37. The third-order valence-corrected chi connectivity index (χ3v) is 8.64. The second kappa shape index (κ2) is 33.6. The summed E-state index contributed by atoms with van der Waals surface area (Å²) in [6, 6.07) is 0. The summed E-state index contributed by atoms with van der Waals surface area (Å²) >= 11 is 0. The maximum absolute atomic E-state index is 12.8. The maximum atomic E-state index is 12.8. The van der Waals surface area contributed by atoms with Crippen LogP contribution >= 0.6 is 0 Å². The molecule has 0 aliphatic carbocycles. The molecule has 4 nitrogen and oxygen atoms in total. The quantitative estimate of drug-likeness (QED) is 0.0435. The number of hydrogen-bond donors (Lipinski definition) is 2. The predicted octanol–water partition coefficient (Wildman–Crippen LogP) is 11.2. The molecule has 0 spiro atoms. The Morgan fingerprint density at radius 2 is 0.744 bits per heavy atom. The smallest absolute Gasteiger partial charge is 0.146 e. The highest BCUT2D eigenvalue weighted by Crippen LogP contribution is 2.18. The van der Waals surface area contributed by atoms with Crippen LogP contribution in [0.2, 0.25) is 0 Å². The number of carbonyl (C=O) groups excluding carboxylic acids is 2. The van der Waals surface area contributed by atoms with Crippen LogP contribution in [-0.2, 0) is 9.59 Å². The van der Waals surface area contributed by atoms with Gasteiger partial charge in [-0.15, -0.1) is 0 Å². The molecule has 0 aromatic carbocycles. The number of unbranched alkanes of at least 4 members (excludes halogenated alkanes) is 22. The molecule has 252 valence electrons. The third kappa shape index (κ3) is 28.0. The molecule has 0 aromatic heterocycles. The molecule has 0 aromatic rings. The monoisotopic (exact) mass is 605 g/mol. The van der Waals surface area contributed by atoms with Crippen molar-refractivity contribution in [3.63, 3.8) is 0 Å². The zero-order valence-electron chi connectivity index (χ0n) is 28.7. The number of hydrogen-bond acceptors (Lipinski definition) is 4. The zero-order valence-corrected chi connectivity index (χ0v) is 28.7. The molecule has 0 radical (unpaired) electrons. The van der Waals surface area contributed by atoms with E-state index in [4.69, 9.17) is 0 Å². The number of Topliss-reactive ketones (excluding diaryl/α,β-unsaturated/α-hetero) is 2. The van der Waals surface area contributed by atoms with Crippen molar-refractivity contribution in [3.8, 4) is 0 Å². The number of ketones is 2. The van der Waals surface area contributed by atoms with Gasteiger partial charge in [0.1, 0.15) is 17.5 Å². The Labute approximate surface area is 267 Å². The van der Waals surface area contributed by atoms with Crippen LogP contribution in [0.1, 0.15) is 194 Å². The summed E-state index contributed by atoms with van der Waals surface area (Å²) < 4.78 is 0. The second-order valence-electron chi connectivity index (χ2n) is 12.8. The van der Waals surface area contributed by atoms with E-state index < -0.39 is 18.6 Å². The van der Waals surface area contributed by atoms with Crippen molar-refractivity contribution in [2.24, 2.45) is 5.92 Å². The van der Waals surface area contributed by atoms with E-state index in [0.717, 1.165) is 64.2 Å². The van der Waals surface area contributed by atoms with Gasteiger partial charge in [-0.1, -0.05) is 141 Å². The minimum absolute atomic E-state index is 0.197. The minimum Gasteiger partial charge on any atom is -0.394 e. The molecular weight excluding hydrogens is 532 g/mol. The molecule has 0 heterocycles. The SMILES string of the molecule is CCCCCCCCC=CCCCCCCCC(=O)C(C(=O)CCCCCCCC=CCCCCCCCC)C(O)CO. The Morgan fingerprint density at radius 3 is 1.05 bits per heavy atom. The maximum Gasteiger partial charge on any atom is 0.146 e. The van der Waals surface area contributed by atoms with Crippen LogP contribution in [0.25, 0.3) is 0 Å². The lowest BCUT2D eigenvalue weighted by atomic mass is 9.87. The summed E-state index contributed by atoms with van der Waals surface area (Å²) in [6.45, 7) is 3.97. The zero-order chi connectivity index (χ0) is 31.6. The highest BCUT2D eigenvalue weighted by molar-refractivity contribution is 6.03. The molecule has 0 amide bonds. The van der Waals surface area contributed by atoms with E-state index in [1.54, 1.807) is 0 Å². The van der Waals surface area contributed by atoms with Crippen LogP contribution < -0.4 is 0 Å². The van der Waals surface area contributed by atoms with Gasteiger partial charge in [0.2, 0.25) is 0 Å². The van der Waals surface area contributed by atoms with Crippen molar-refractivity contribution in [3.05, 3.63) is 24.3 Å². The largest absolute Gasteiger partial charge is 0.394 e. The van der Waals surface area contributed by atoms with Gasteiger partial charge in [-0.05, 0) is 64.2 Å². The van der Waals surface area contributed by atoms with Crippen molar-refractivity contribution < 1.29 is 19.8 Å².